The van der Waals surface area contributed by atoms with Gasteiger partial charge in [0, 0.05) is 98.2 Å². The van der Waals surface area contributed by atoms with E-state index in [9.17, 15) is 0 Å². The number of unbranched alkanes of at least 4 members (excludes halogenated alkanes) is 6. The van der Waals surface area contributed by atoms with Crippen molar-refractivity contribution in [3.63, 3.8) is 0 Å². The van der Waals surface area contributed by atoms with Gasteiger partial charge in [0.25, 0.3) is 0 Å². The van der Waals surface area contributed by atoms with Gasteiger partial charge in [-0.1, -0.05) is 263 Å². The minimum absolute atomic E-state index is 0.667. The molecule has 5 saturated carbocycles. The first-order valence-corrected chi connectivity index (χ1v) is 51.4. The predicted molar refractivity (Wildman–Crippen MR) is 530 cm³/mol. The molecule has 3 saturated heterocycles. The molecule has 3 aromatic rings. The fraction of sp³-hybridized carbons (Fsp3) is 0.886. The van der Waals surface area contributed by atoms with E-state index in [0.717, 1.165) is 231 Å². The van der Waals surface area contributed by atoms with Gasteiger partial charge in [0.15, 0.2) is 0 Å². The number of nitrogens with zero attached hydrogens (tertiary/aromatic N) is 13. The van der Waals surface area contributed by atoms with Crippen molar-refractivity contribution in [2.24, 2.45) is 68.5 Å². The number of anilines is 6. The van der Waals surface area contributed by atoms with Crippen LogP contribution in [0.25, 0.3) is 0 Å². The minimum atomic E-state index is 0.667. The van der Waals surface area contributed by atoms with Gasteiger partial charge >= 0.3 is 0 Å². The van der Waals surface area contributed by atoms with Crippen LogP contribution in [-0.2, 0) is 0 Å². The first kappa shape index (κ1) is 111. The maximum Gasteiger partial charge on any atom is 0.231 e. The van der Waals surface area contributed by atoms with Crippen LogP contribution < -0.4 is 43.6 Å². The summed E-state index contributed by atoms with van der Waals surface area (Å²) in [6.45, 7) is 75.6. The van der Waals surface area contributed by atoms with E-state index in [1.54, 1.807) is 0 Å². The largest absolute Gasteiger partial charge is 0.493 e. The molecule has 0 atom stereocenters. The molecule has 1 aromatic carbocycles. The average Bonchev–Trinajstić information content (AvgIpc) is 0.700. The molecule has 3 aliphatic heterocycles. The topological polar surface area (TPSA) is 128 Å². The van der Waals surface area contributed by atoms with Crippen LogP contribution in [0.15, 0.2) is 18.2 Å². The molecule has 5 heterocycles. The van der Waals surface area contributed by atoms with Gasteiger partial charge in [-0.3, -0.25) is 0 Å². The van der Waals surface area contributed by atoms with Crippen LogP contribution in [0, 0.1) is 68.5 Å². The monoisotopic (exact) mass is 1690 g/mol. The van der Waals surface area contributed by atoms with Crippen LogP contribution >= 0.6 is 0 Å². The zero-order valence-electron chi connectivity index (χ0n) is 85.6. The Kier molecular flexibility index (Phi) is 55.0. The first-order chi connectivity index (χ1) is 57.8. The number of rotatable bonds is 40. The summed E-state index contributed by atoms with van der Waals surface area (Å²) in [6, 6.07) is 5.87. The Labute approximate surface area is 750 Å². The van der Waals surface area contributed by atoms with Gasteiger partial charge in [0.05, 0.1) is 19.8 Å². The Morgan fingerprint density at radius 3 is 0.744 bits per heavy atom. The molecule has 0 radical (unpaired) electrons. The van der Waals surface area contributed by atoms with Gasteiger partial charge in [-0.2, -0.15) is 29.9 Å². The summed E-state index contributed by atoms with van der Waals surface area (Å²) in [5, 5.41) is 0. The Morgan fingerprint density at radius 1 is 0.331 bits per heavy atom. The van der Waals surface area contributed by atoms with Gasteiger partial charge in [-0.05, 0) is 242 Å². The lowest BCUT2D eigenvalue weighted by atomic mass is 9.37. The van der Waals surface area contributed by atoms with E-state index in [4.69, 9.17) is 44.1 Å². The van der Waals surface area contributed by atoms with Gasteiger partial charge in [0.1, 0.15) is 17.2 Å². The normalized spacial score (nSPS) is 22.6. The van der Waals surface area contributed by atoms with Gasteiger partial charge in [-0.25, -0.2) is 0 Å². The molecule has 5 aliphatic carbocycles. The molecule has 4 bridgehead atoms. The zero-order valence-corrected chi connectivity index (χ0v) is 85.6. The molecule has 2 aromatic heterocycles. The van der Waals surface area contributed by atoms with Crippen molar-refractivity contribution in [1.29, 1.82) is 0 Å². The van der Waals surface area contributed by atoms with Crippen molar-refractivity contribution in [2.45, 2.75) is 418 Å². The third-order valence-corrected chi connectivity index (χ3v) is 28.0. The Bertz CT molecular complexity index is 2660. The van der Waals surface area contributed by atoms with E-state index in [1.165, 1.54) is 199 Å². The molecule has 8 aliphatic rings. The summed E-state index contributed by atoms with van der Waals surface area (Å²) in [5.41, 5.74) is 3.42. The summed E-state index contributed by atoms with van der Waals surface area (Å²) < 4.78 is 17.3. The lowest BCUT2D eigenvalue weighted by Crippen LogP contribution is -2.57. The summed E-state index contributed by atoms with van der Waals surface area (Å²) in [6.07, 6.45) is 47.7. The lowest BCUT2D eigenvalue weighted by molar-refractivity contribution is -0.176. The molecule has 0 unspecified atom stereocenters. The quantitative estimate of drug-likeness (QED) is 0.0501. The molecule has 0 spiro atoms. The fourth-order valence-electron chi connectivity index (χ4n) is 21.5. The summed E-state index contributed by atoms with van der Waals surface area (Å²) in [7, 11) is 6.20. The molecule has 11 rings (SSSR count). The maximum absolute atomic E-state index is 5.78. The van der Waals surface area contributed by atoms with E-state index < -0.39 is 0 Å². The van der Waals surface area contributed by atoms with E-state index >= 15 is 0 Å². The molecule has 8 fully saturated rings. The third kappa shape index (κ3) is 42.3. The molecule has 0 N–H and O–H groups in total. The summed E-state index contributed by atoms with van der Waals surface area (Å²) in [4.78, 5) is 45.0. The molecule has 16 nitrogen and oxygen atoms in total. The summed E-state index contributed by atoms with van der Waals surface area (Å²) >= 11 is 0. The maximum atomic E-state index is 5.78. The molecule has 16 heteroatoms. The number of hydrogen-bond acceptors (Lipinski definition) is 16. The van der Waals surface area contributed by atoms with E-state index in [-0.39, 0.29) is 0 Å². The highest BCUT2D eigenvalue weighted by molar-refractivity contribution is 5.48. The number of piperidine rings is 3. The van der Waals surface area contributed by atoms with Gasteiger partial charge in [-0.15, -0.1) is 0 Å². The fourth-order valence-corrected chi connectivity index (χ4v) is 21.5. The van der Waals surface area contributed by atoms with Crippen LogP contribution in [0.1, 0.15) is 418 Å². The van der Waals surface area contributed by atoms with Crippen molar-refractivity contribution < 1.29 is 14.2 Å². The lowest BCUT2D eigenvalue weighted by Gasteiger charge is -2.68. The highest BCUT2D eigenvalue weighted by Gasteiger charge is 2.62. The van der Waals surface area contributed by atoms with Crippen LogP contribution in [-0.4, -0.2) is 154 Å². The third-order valence-electron chi connectivity index (χ3n) is 28.0. The minimum Gasteiger partial charge on any atom is -0.493 e. The number of aromatic nitrogens is 6. The SMILES string of the molecule is CC12CC3(C)CC(C)(C1)CC(C)(C2)C3.CC1CC(C)CC(C)C1.CC1CCN(c2nc(N3CCC(C)CC3)nc(N3CCC(C)CC3)n2)CC1.CCC(CC)(CC)CC.CCC(CC)CC.CCCCN(C)c1nc(N(C)CCCC)nc(N(C)CCCC)n1.CCCCOc1cc(OCCCC)cc(OCCCC)c1.CCCN(CCC)CCC. The molecule has 121 heavy (non-hydrogen) atoms. The van der Waals surface area contributed by atoms with Gasteiger partial charge < -0.3 is 48.5 Å². The number of hydrogen-bond donors (Lipinski definition) is 0. The highest BCUT2D eigenvalue weighted by Crippen LogP contribution is 2.73. The zero-order chi connectivity index (χ0) is 90.0. The van der Waals surface area contributed by atoms with Crippen molar-refractivity contribution in [1.82, 2.24) is 34.8 Å². The van der Waals surface area contributed by atoms with Crippen molar-refractivity contribution in [3.05, 3.63) is 18.2 Å². The average molecular weight is 1690 g/mol. The van der Waals surface area contributed by atoms with Crippen LogP contribution in [0.3, 0.4) is 0 Å². The standard InChI is InChI=1S/C21H36N6.C18H36N6.C18H30O3.C14H24.C9H21N.C9H18.C9H20.C7H16/c1-16-4-10-25(11-5-16)19-22-20(26-12-6-17(2)7-13-26)24-21(23-19)27-14-8-18(3)9-15-27;1-7-10-13-22(4)16-19-17(23(5)14-11-8-2)21-18(20-16)24(6)15-12-9-3;1-4-7-10-19-16-13-17(20-11-8-5-2)15-18(14-16)21-12-9-6-3;1-11-5-12(2)8-13(3,6-11)10-14(4,7-11)9-12;1-4-7-10(8-5-2)9-6-3;1-7-4-8(2)6-9(3)5-7;1-5-9(6-2,7-3)8-4;1-4-7(5-2)6-3/h16-18H,4-15H2,1-3H3;7-15H2,1-6H3;13-15H,4-12H2,1-3H3;5-10H2,1-4H3;4-9H2,1-3H3;7-9H,4-6H2,1-3H3;5-8H2,1-4H3;7H,4-6H2,1-3H3. The Morgan fingerprint density at radius 2 is 0.562 bits per heavy atom. The number of ether oxygens (including phenoxy) is 3. The second-order valence-corrected chi connectivity index (χ2v) is 41.2. The second kappa shape index (κ2) is 60.2. The Balaban J connectivity index is 0.000000373. The molecule has 0 amide bonds. The first-order valence-electron chi connectivity index (χ1n) is 51.4. The van der Waals surface area contributed by atoms with Crippen molar-refractivity contribution in [2.75, 3.05) is 149 Å². The van der Waals surface area contributed by atoms with Crippen molar-refractivity contribution >= 4 is 35.7 Å². The highest BCUT2D eigenvalue weighted by atomic mass is 16.5. The number of benzene rings is 1. The van der Waals surface area contributed by atoms with Crippen LogP contribution in [0.4, 0.5) is 35.7 Å². The van der Waals surface area contributed by atoms with Crippen LogP contribution in [0.5, 0.6) is 17.2 Å². The summed E-state index contributed by atoms with van der Waals surface area (Å²) in [5.74, 6) is 13.9. The predicted octanol–water partition coefficient (Wildman–Crippen LogP) is 28.8. The second-order valence-electron chi connectivity index (χ2n) is 41.2. The van der Waals surface area contributed by atoms with Crippen LogP contribution in [0.2, 0.25) is 0 Å². The molecular weight excluding hydrogens is 1490 g/mol. The molecular formula is C105H201N13O3. The smallest absolute Gasteiger partial charge is 0.231 e. The molecule has 704 valence electrons. The van der Waals surface area contributed by atoms with Crippen molar-refractivity contribution in [3.8, 4) is 17.2 Å². The Hall–Kier alpha value is -4.60. The van der Waals surface area contributed by atoms with Gasteiger partial charge in [0.2, 0.25) is 35.7 Å². The van der Waals surface area contributed by atoms with E-state index in [0.29, 0.717) is 27.1 Å². The van der Waals surface area contributed by atoms with E-state index in [2.05, 4.69) is 235 Å². The van der Waals surface area contributed by atoms with E-state index in [1.807, 2.05) is 18.2 Å².